The van der Waals surface area contributed by atoms with E-state index >= 15 is 0 Å². The van der Waals surface area contributed by atoms with Crippen molar-refractivity contribution in [3.63, 3.8) is 0 Å². The van der Waals surface area contributed by atoms with Gasteiger partial charge in [0.15, 0.2) is 18.7 Å². The van der Waals surface area contributed by atoms with E-state index in [9.17, 15) is 37.9 Å². The molecule has 0 radical (unpaired) electrons. The maximum absolute atomic E-state index is 11.4. The van der Waals surface area contributed by atoms with Crippen LogP contribution >= 0.6 is 23.0 Å². The van der Waals surface area contributed by atoms with Crippen molar-refractivity contribution in [3.05, 3.63) is 85.4 Å². The molecule has 9 N–H and O–H groups in total. The SMILES string of the molecule is C=C1NC(=O)C=CN1[C@@H]1O[C@H](/C(C)=C/P(=O)(O)O)[C@H](OC(C)C)C1OC.C=C1NC(=O)C=CN1[C@@H]1O[C@H](C(C)OP(=O)(O)O)[C@H](OC(C)C)C1OC.C=C1NC(=O)C=CN1[C@@H]1O[C@H](CCP(=O)(O)O)[C@H](OC(C)C)C1OC. The molecule has 436 valence electrons. The second-order valence-corrected chi connectivity index (χ2v) is 23.4. The largest absolute Gasteiger partial charge is 0.469 e. The lowest BCUT2D eigenvalue weighted by atomic mass is 10.0. The number of nitrogens with zero attached hydrogens (tertiary/aromatic N) is 3. The Kier molecular flexibility index (Phi) is 23.8. The fourth-order valence-corrected chi connectivity index (χ4v) is 10.7. The Morgan fingerprint density at radius 1 is 0.610 bits per heavy atom. The minimum atomic E-state index is -4.71. The molecule has 6 heterocycles. The Morgan fingerprint density at radius 3 is 1.36 bits per heavy atom. The van der Waals surface area contributed by atoms with Gasteiger partial charge in [0.25, 0.3) is 17.7 Å². The third-order valence-electron chi connectivity index (χ3n) is 11.8. The maximum atomic E-state index is 11.4. The van der Waals surface area contributed by atoms with Crippen LogP contribution in [0.5, 0.6) is 0 Å². The zero-order chi connectivity index (χ0) is 58.1. The van der Waals surface area contributed by atoms with Gasteiger partial charge in [-0.25, -0.2) is 4.57 Å². The smallest absolute Gasteiger partial charge is 0.374 e. The highest BCUT2D eigenvalue weighted by Gasteiger charge is 2.54. The van der Waals surface area contributed by atoms with Gasteiger partial charge in [0.1, 0.15) is 66.3 Å². The van der Waals surface area contributed by atoms with Crippen molar-refractivity contribution < 1.29 is 105 Å². The fraction of sp³-hybridized carbons (Fsp3) is 0.630. The fourth-order valence-electron chi connectivity index (χ4n) is 8.91. The molecule has 0 aromatic carbocycles. The zero-order valence-electron chi connectivity index (χ0n) is 44.7. The van der Waals surface area contributed by atoms with E-state index in [1.54, 1.807) is 21.6 Å². The molecule has 3 amide bonds. The first-order valence-corrected chi connectivity index (χ1v) is 29.1. The lowest BCUT2D eigenvalue weighted by molar-refractivity contribution is -0.120. The number of rotatable bonds is 20. The van der Waals surface area contributed by atoms with Crippen molar-refractivity contribution in [1.29, 1.82) is 0 Å². The maximum Gasteiger partial charge on any atom is 0.469 e. The predicted octanol–water partition coefficient (Wildman–Crippen LogP) is 1.96. The van der Waals surface area contributed by atoms with Gasteiger partial charge in [-0.05, 0) is 67.4 Å². The molecule has 4 unspecified atom stereocenters. The zero-order valence-corrected chi connectivity index (χ0v) is 47.4. The summed E-state index contributed by atoms with van der Waals surface area (Å²) >= 11 is 0. The van der Waals surface area contributed by atoms with Gasteiger partial charge in [-0.3, -0.25) is 28.0 Å². The minimum absolute atomic E-state index is 0.119. The number of ether oxygens (including phenoxy) is 9. The quantitative estimate of drug-likeness (QED) is 0.0787. The number of methoxy groups -OCH3 is 3. The average molecular weight is 1160 g/mol. The number of nitrogens with one attached hydrogen (secondary N) is 3. The van der Waals surface area contributed by atoms with Crippen LogP contribution in [0.25, 0.3) is 0 Å². The molecule has 3 fully saturated rings. The number of carbonyl (C=O) groups excluding carboxylic acids is 3. The van der Waals surface area contributed by atoms with Gasteiger partial charge in [0, 0.05) is 64.0 Å². The van der Waals surface area contributed by atoms with Crippen LogP contribution in [0.2, 0.25) is 0 Å². The van der Waals surface area contributed by atoms with Gasteiger partial charge in [-0.1, -0.05) is 19.7 Å². The van der Waals surface area contributed by atoms with Crippen LogP contribution in [-0.2, 0) is 75.2 Å². The van der Waals surface area contributed by atoms with Gasteiger partial charge in [0.2, 0.25) is 0 Å². The van der Waals surface area contributed by atoms with Crippen LogP contribution in [0.1, 0.15) is 61.8 Å². The number of amides is 3. The molecule has 13 atom stereocenters. The predicted molar refractivity (Wildman–Crippen MR) is 273 cm³/mol. The standard InChI is InChI=1S/C16H25N2O7P.C15H25N2O8P.C15H25N2O7P/c1-9(2)24-14-13(10(3)8-26(20,21)22)25-16(15(14)23-5)18-7-6-12(19)17-11(18)4;1-8(2)23-13-12(9(3)25-26(19,20)21)24-15(14(13)22-5)17-7-6-11(18)16-10(17)4;1-9(2)23-13-11(6-8-25(19,20)21)24-15(14(13)22-4)17-7-5-12(18)16-10(17)3/h6-9,13-16H,4H2,1-3,5H3,(H,17,19)(H2,20,21,22);6-9,12-15H,4H2,1-3,5H3,(H,16,18)(H2,19,20,21);5,7,9,11,13-15H,3,6,8H2,1-2,4H3,(H,16,18)(H2,19,20,21)/b10-8+;;/t13-,14+,15?,16-;9?,12-,13+,14?,15-;11-,13+,14?,15-/m111/s1. The summed E-state index contributed by atoms with van der Waals surface area (Å²) in [6.45, 7) is 25.5. The molecule has 0 aromatic heterocycles. The van der Waals surface area contributed by atoms with E-state index in [0.717, 1.165) is 5.82 Å². The molecular formula is C46H75N6O22P3. The number of phosphoric ester groups is 1. The molecule has 0 aliphatic carbocycles. The first-order chi connectivity index (χ1) is 35.7. The summed E-state index contributed by atoms with van der Waals surface area (Å²) in [5.74, 6) is 0.888. The molecule has 0 bridgehead atoms. The third kappa shape index (κ3) is 18.8. The Hall–Kier alpha value is -3.96. The van der Waals surface area contributed by atoms with Crippen molar-refractivity contribution in [2.45, 2.75) is 160 Å². The molecular weight excluding hydrogens is 1080 g/mol. The number of hydrogen-bond donors (Lipinski definition) is 9. The van der Waals surface area contributed by atoms with E-state index < -0.39 is 103 Å². The Bertz CT molecular complexity index is 2390. The topological polar surface area (TPSA) is 362 Å². The summed E-state index contributed by atoms with van der Waals surface area (Å²) in [4.78, 5) is 94.1. The van der Waals surface area contributed by atoms with E-state index in [1.165, 1.54) is 65.1 Å². The third-order valence-corrected chi connectivity index (χ3v) is 14.0. The lowest BCUT2D eigenvalue weighted by Crippen LogP contribution is -2.48. The van der Waals surface area contributed by atoms with E-state index in [0.29, 0.717) is 17.2 Å². The van der Waals surface area contributed by atoms with Crippen LogP contribution in [0.15, 0.2) is 85.4 Å². The van der Waals surface area contributed by atoms with Crippen LogP contribution in [0.4, 0.5) is 0 Å². The molecule has 77 heavy (non-hydrogen) atoms. The summed E-state index contributed by atoms with van der Waals surface area (Å²) in [5.41, 5.74) is 0.337. The summed E-state index contributed by atoms with van der Waals surface area (Å²) < 4.78 is 91.0. The first kappa shape index (κ1) is 65.6. The van der Waals surface area contributed by atoms with Crippen LogP contribution in [0.3, 0.4) is 0 Å². The van der Waals surface area contributed by atoms with Crippen LogP contribution in [0, 0.1) is 0 Å². The molecule has 0 saturated carbocycles. The van der Waals surface area contributed by atoms with Crippen molar-refractivity contribution >= 4 is 40.7 Å². The van der Waals surface area contributed by atoms with Crippen molar-refractivity contribution in [3.8, 4) is 0 Å². The van der Waals surface area contributed by atoms with Gasteiger partial charge in [-0.15, -0.1) is 0 Å². The lowest BCUT2D eigenvalue weighted by Gasteiger charge is -2.34. The number of hydrogen-bond acceptors (Lipinski definition) is 19. The monoisotopic (exact) mass is 1160 g/mol. The summed E-state index contributed by atoms with van der Waals surface area (Å²) in [5, 5.41) is 7.72. The van der Waals surface area contributed by atoms with Gasteiger partial charge >= 0.3 is 23.0 Å². The summed E-state index contributed by atoms with van der Waals surface area (Å²) in [6, 6.07) is 0. The average Bonchev–Trinajstić information content (AvgIpc) is 3.94. The van der Waals surface area contributed by atoms with Gasteiger partial charge in [0.05, 0.1) is 36.7 Å². The highest BCUT2D eigenvalue weighted by Crippen LogP contribution is 2.44. The summed E-state index contributed by atoms with van der Waals surface area (Å²) in [6.07, 6.45) is -0.811. The molecule has 6 aliphatic rings. The normalized spacial score (nSPS) is 30.4. The molecule has 28 nitrogen and oxygen atoms in total. The highest BCUT2D eigenvalue weighted by molar-refractivity contribution is 7.55. The molecule has 0 aromatic rings. The molecule has 31 heteroatoms. The van der Waals surface area contributed by atoms with Crippen LogP contribution < -0.4 is 16.0 Å². The molecule has 3 saturated heterocycles. The van der Waals surface area contributed by atoms with Crippen molar-refractivity contribution in [1.82, 2.24) is 30.7 Å². The van der Waals surface area contributed by atoms with E-state index in [1.807, 2.05) is 41.5 Å². The highest BCUT2D eigenvalue weighted by atomic mass is 31.2. The minimum Gasteiger partial charge on any atom is -0.374 e. The Morgan fingerprint density at radius 2 is 0.987 bits per heavy atom. The van der Waals surface area contributed by atoms with E-state index in [4.69, 9.17) is 66.7 Å². The first-order valence-electron chi connectivity index (χ1n) is 24.1. The summed E-state index contributed by atoms with van der Waals surface area (Å²) in [7, 11) is -8.76. The second kappa shape index (κ2) is 28.0. The van der Waals surface area contributed by atoms with Crippen molar-refractivity contribution in [2.24, 2.45) is 0 Å². The van der Waals surface area contributed by atoms with Crippen molar-refractivity contribution in [2.75, 3.05) is 27.5 Å². The van der Waals surface area contributed by atoms with Gasteiger partial charge in [-0.2, -0.15) is 0 Å². The Balaban J connectivity index is 0.000000249. The number of phosphoric acid groups is 1. The van der Waals surface area contributed by atoms with E-state index in [-0.39, 0.29) is 54.4 Å². The van der Waals surface area contributed by atoms with Gasteiger partial charge < -0.3 is 103 Å². The number of carbonyl (C=O) groups is 3. The Labute approximate surface area is 447 Å². The van der Waals surface area contributed by atoms with E-state index in [2.05, 4.69) is 35.7 Å². The second-order valence-electron chi connectivity index (χ2n) is 19.0. The van der Waals surface area contributed by atoms with Crippen LogP contribution in [-0.4, -0.2) is 187 Å². The molecule has 0 spiro atoms. The molecule has 6 rings (SSSR count). The molecule has 6 aliphatic heterocycles.